The number of hydrogen-bond donors (Lipinski definition) is 1. The van der Waals surface area contributed by atoms with Gasteiger partial charge in [-0.25, -0.2) is 8.42 Å². The Morgan fingerprint density at radius 3 is 2.67 bits per heavy atom. The summed E-state index contributed by atoms with van der Waals surface area (Å²) >= 11 is 0. The summed E-state index contributed by atoms with van der Waals surface area (Å²) in [5.41, 5.74) is 0. The zero-order chi connectivity index (χ0) is 11.5. The van der Waals surface area contributed by atoms with E-state index in [1.165, 1.54) is 0 Å². The van der Waals surface area contributed by atoms with Crippen molar-refractivity contribution in [3.8, 4) is 0 Å². The normalized spacial score (nSPS) is 24.7. The molecule has 1 N–H and O–H groups in total. The molecule has 0 radical (unpaired) electrons. The first-order valence-corrected chi connectivity index (χ1v) is 7.24. The molecule has 0 spiro atoms. The molecule has 0 aromatic heterocycles. The van der Waals surface area contributed by atoms with Gasteiger partial charge in [0.2, 0.25) is 10.0 Å². The average molecular weight is 234 g/mol. The average Bonchev–Trinajstić information content (AvgIpc) is 2.15. The van der Waals surface area contributed by atoms with Crippen molar-refractivity contribution >= 4 is 10.0 Å². The second kappa shape index (κ2) is 5.27. The summed E-state index contributed by atoms with van der Waals surface area (Å²) in [6.45, 7) is 8.11. The van der Waals surface area contributed by atoms with Crippen molar-refractivity contribution in [3.63, 3.8) is 0 Å². The highest BCUT2D eigenvalue weighted by Gasteiger charge is 2.26. The van der Waals surface area contributed by atoms with Crippen molar-refractivity contribution in [3.05, 3.63) is 0 Å². The Bertz CT molecular complexity index is 288. The maximum atomic E-state index is 11.9. The maximum absolute atomic E-state index is 11.9. The molecule has 1 saturated heterocycles. The SMILES string of the molecule is CC(C)CCS(=O)(=O)N1CCN[C@@H](C)C1. The Kier molecular flexibility index (Phi) is 4.55. The molecule has 0 aromatic carbocycles. The number of nitrogens with zero attached hydrogens (tertiary/aromatic N) is 1. The van der Waals surface area contributed by atoms with Crippen LogP contribution in [0.3, 0.4) is 0 Å². The first-order valence-electron chi connectivity index (χ1n) is 5.63. The van der Waals surface area contributed by atoms with Gasteiger partial charge < -0.3 is 5.32 Å². The van der Waals surface area contributed by atoms with E-state index in [0.717, 1.165) is 13.0 Å². The van der Waals surface area contributed by atoms with E-state index in [4.69, 9.17) is 0 Å². The van der Waals surface area contributed by atoms with Crippen LogP contribution in [0.5, 0.6) is 0 Å². The molecule has 0 amide bonds. The van der Waals surface area contributed by atoms with Gasteiger partial charge in [0.25, 0.3) is 0 Å². The van der Waals surface area contributed by atoms with Crippen LogP contribution in [0.1, 0.15) is 27.2 Å². The third-order valence-corrected chi connectivity index (χ3v) is 4.55. The van der Waals surface area contributed by atoms with E-state index >= 15 is 0 Å². The minimum Gasteiger partial charge on any atom is -0.312 e. The Hall–Kier alpha value is -0.130. The van der Waals surface area contributed by atoms with Crippen LogP contribution in [0, 0.1) is 5.92 Å². The smallest absolute Gasteiger partial charge is 0.214 e. The van der Waals surface area contributed by atoms with Gasteiger partial charge in [0.15, 0.2) is 0 Å². The van der Waals surface area contributed by atoms with E-state index in [1.54, 1.807) is 4.31 Å². The number of hydrogen-bond acceptors (Lipinski definition) is 3. The molecule has 1 aliphatic rings. The lowest BCUT2D eigenvalue weighted by Crippen LogP contribution is -2.51. The van der Waals surface area contributed by atoms with Crippen molar-refractivity contribution in [1.82, 2.24) is 9.62 Å². The van der Waals surface area contributed by atoms with Crippen LogP contribution in [0.4, 0.5) is 0 Å². The molecule has 1 heterocycles. The molecule has 0 saturated carbocycles. The first kappa shape index (κ1) is 12.9. The van der Waals surface area contributed by atoms with Crippen LogP contribution in [0.25, 0.3) is 0 Å². The van der Waals surface area contributed by atoms with Gasteiger partial charge in [0.05, 0.1) is 5.75 Å². The van der Waals surface area contributed by atoms with Crippen molar-refractivity contribution in [2.24, 2.45) is 5.92 Å². The molecular weight excluding hydrogens is 212 g/mol. The minimum absolute atomic E-state index is 0.271. The molecule has 15 heavy (non-hydrogen) atoms. The molecule has 0 aromatic rings. The van der Waals surface area contributed by atoms with Crippen LogP contribution >= 0.6 is 0 Å². The van der Waals surface area contributed by atoms with E-state index < -0.39 is 10.0 Å². The monoisotopic (exact) mass is 234 g/mol. The van der Waals surface area contributed by atoms with Gasteiger partial charge in [-0.15, -0.1) is 0 Å². The lowest BCUT2D eigenvalue weighted by molar-refractivity contribution is 0.309. The van der Waals surface area contributed by atoms with Crippen molar-refractivity contribution in [2.45, 2.75) is 33.2 Å². The minimum atomic E-state index is -3.02. The Morgan fingerprint density at radius 1 is 1.47 bits per heavy atom. The number of rotatable bonds is 4. The van der Waals surface area contributed by atoms with Gasteiger partial charge >= 0.3 is 0 Å². The summed E-state index contributed by atoms with van der Waals surface area (Å²) in [7, 11) is -3.02. The van der Waals surface area contributed by atoms with Crippen LogP contribution in [-0.4, -0.2) is 44.2 Å². The van der Waals surface area contributed by atoms with Crippen LogP contribution in [-0.2, 0) is 10.0 Å². The van der Waals surface area contributed by atoms with Crippen molar-refractivity contribution in [2.75, 3.05) is 25.4 Å². The third kappa shape index (κ3) is 4.09. The molecule has 1 fully saturated rings. The van der Waals surface area contributed by atoms with Gasteiger partial charge in [-0.3, -0.25) is 0 Å². The highest BCUT2D eigenvalue weighted by molar-refractivity contribution is 7.89. The fourth-order valence-electron chi connectivity index (χ4n) is 1.66. The van der Waals surface area contributed by atoms with Crippen molar-refractivity contribution in [1.29, 1.82) is 0 Å². The molecule has 1 aliphatic heterocycles. The standard InChI is InChI=1S/C10H22N2O2S/c1-9(2)4-7-15(13,14)12-6-5-11-10(3)8-12/h9-11H,4-8H2,1-3H3/t10-/m0/s1. The second-order valence-corrected chi connectivity index (χ2v) is 6.80. The molecule has 5 heteroatoms. The lowest BCUT2D eigenvalue weighted by atomic mass is 10.2. The summed E-state index contributed by atoms with van der Waals surface area (Å²) in [4.78, 5) is 0. The zero-order valence-corrected chi connectivity index (χ0v) is 10.7. The topological polar surface area (TPSA) is 49.4 Å². The van der Waals surface area contributed by atoms with E-state index in [-0.39, 0.29) is 11.8 Å². The second-order valence-electron chi connectivity index (χ2n) is 4.71. The molecule has 1 rings (SSSR count). The number of nitrogens with one attached hydrogen (secondary N) is 1. The summed E-state index contributed by atoms with van der Waals surface area (Å²) in [5.74, 6) is 0.734. The predicted octanol–water partition coefficient (Wildman–Crippen LogP) is 0.656. The molecule has 0 unspecified atom stereocenters. The fraction of sp³-hybridized carbons (Fsp3) is 1.00. The van der Waals surface area contributed by atoms with Gasteiger partial charge in [-0.2, -0.15) is 4.31 Å². The van der Waals surface area contributed by atoms with E-state index in [0.29, 0.717) is 19.0 Å². The van der Waals surface area contributed by atoms with Crippen LogP contribution < -0.4 is 5.32 Å². The fourth-order valence-corrected chi connectivity index (χ4v) is 3.51. The van der Waals surface area contributed by atoms with Gasteiger partial charge in [0, 0.05) is 25.7 Å². The third-order valence-electron chi connectivity index (χ3n) is 2.68. The largest absolute Gasteiger partial charge is 0.312 e. The molecular formula is C10H22N2O2S. The van der Waals surface area contributed by atoms with Gasteiger partial charge in [0.1, 0.15) is 0 Å². The maximum Gasteiger partial charge on any atom is 0.214 e. The van der Waals surface area contributed by atoms with Crippen LogP contribution in [0.2, 0.25) is 0 Å². The van der Waals surface area contributed by atoms with E-state index in [2.05, 4.69) is 19.2 Å². The van der Waals surface area contributed by atoms with Gasteiger partial charge in [-0.05, 0) is 19.3 Å². The summed E-state index contributed by atoms with van der Waals surface area (Å²) in [6.07, 6.45) is 0.751. The Morgan fingerprint density at radius 2 is 2.13 bits per heavy atom. The first-order chi connectivity index (χ1) is 6.92. The summed E-state index contributed by atoms with van der Waals surface area (Å²) < 4.78 is 25.5. The van der Waals surface area contributed by atoms with Gasteiger partial charge in [-0.1, -0.05) is 13.8 Å². The quantitative estimate of drug-likeness (QED) is 0.777. The van der Waals surface area contributed by atoms with E-state index in [9.17, 15) is 8.42 Å². The summed E-state index contributed by atoms with van der Waals surface area (Å²) in [6, 6.07) is 0.271. The highest BCUT2D eigenvalue weighted by Crippen LogP contribution is 2.10. The predicted molar refractivity (Wildman–Crippen MR) is 62.3 cm³/mol. The Labute approximate surface area is 93.1 Å². The van der Waals surface area contributed by atoms with E-state index in [1.807, 2.05) is 6.92 Å². The molecule has 0 bridgehead atoms. The van der Waals surface area contributed by atoms with Crippen molar-refractivity contribution < 1.29 is 8.42 Å². The van der Waals surface area contributed by atoms with Crippen LogP contribution in [0.15, 0.2) is 0 Å². The number of piperazine rings is 1. The molecule has 90 valence electrons. The number of sulfonamides is 1. The molecule has 1 atom stereocenters. The summed E-state index contributed by atoms with van der Waals surface area (Å²) in [5, 5.41) is 3.24. The zero-order valence-electron chi connectivity index (χ0n) is 9.86. The Balaban J connectivity index is 2.52. The molecule has 0 aliphatic carbocycles. The molecule has 4 nitrogen and oxygen atoms in total. The highest BCUT2D eigenvalue weighted by atomic mass is 32.2. The lowest BCUT2D eigenvalue weighted by Gasteiger charge is -2.31.